The number of ketones is 1. The van der Waals surface area contributed by atoms with Crippen molar-refractivity contribution in [1.82, 2.24) is 9.80 Å². The van der Waals surface area contributed by atoms with E-state index in [4.69, 9.17) is 0 Å². The van der Waals surface area contributed by atoms with Crippen molar-refractivity contribution >= 4 is 5.78 Å². The Morgan fingerprint density at radius 1 is 1.56 bits per heavy atom. The fraction of sp³-hybridized carbons (Fsp3) is 0.909. The summed E-state index contributed by atoms with van der Waals surface area (Å²) < 4.78 is 26.6. The van der Waals surface area contributed by atoms with Gasteiger partial charge < -0.3 is 4.90 Å². The summed E-state index contributed by atoms with van der Waals surface area (Å²) in [6.45, 7) is 2.93. The van der Waals surface area contributed by atoms with Crippen molar-refractivity contribution in [2.45, 2.75) is 19.3 Å². The van der Waals surface area contributed by atoms with Crippen LogP contribution in [0.2, 0.25) is 0 Å². The van der Waals surface area contributed by atoms with Gasteiger partial charge in [-0.1, -0.05) is 0 Å². The molecule has 0 radical (unpaired) electrons. The van der Waals surface area contributed by atoms with Gasteiger partial charge in [0.25, 0.3) is 5.92 Å². The molecular formula is C11H20F2N2O. The van der Waals surface area contributed by atoms with Crippen LogP contribution in [0.25, 0.3) is 0 Å². The van der Waals surface area contributed by atoms with E-state index in [2.05, 4.69) is 0 Å². The number of hydrogen-bond acceptors (Lipinski definition) is 3. The SMILES string of the molecule is CC(=O)CN(C)CC1CN(C)CC(F)(F)C1. The first-order valence-corrected chi connectivity index (χ1v) is 5.53. The van der Waals surface area contributed by atoms with Gasteiger partial charge in [0.15, 0.2) is 0 Å². The van der Waals surface area contributed by atoms with Crippen LogP contribution in [0.15, 0.2) is 0 Å². The van der Waals surface area contributed by atoms with E-state index < -0.39 is 5.92 Å². The first-order chi connectivity index (χ1) is 7.28. The number of carbonyl (C=O) groups excluding carboxylic acids is 1. The molecule has 1 rings (SSSR count). The fourth-order valence-electron chi connectivity index (χ4n) is 2.46. The molecular weight excluding hydrogens is 214 g/mol. The van der Waals surface area contributed by atoms with Gasteiger partial charge in [-0.2, -0.15) is 0 Å². The van der Waals surface area contributed by atoms with E-state index in [0.717, 1.165) is 0 Å². The molecule has 1 saturated heterocycles. The highest BCUT2D eigenvalue weighted by Gasteiger charge is 2.39. The summed E-state index contributed by atoms with van der Waals surface area (Å²) >= 11 is 0. The molecule has 1 aliphatic heterocycles. The van der Waals surface area contributed by atoms with Gasteiger partial charge >= 0.3 is 0 Å². The highest BCUT2D eigenvalue weighted by Crippen LogP contribution is 2.29. The number of rotatable bonds is 4. The third-order valence-electron chi connectivity index (χ3n) is 2.72. The van der Waals surface area contributed by atoms with Gasteiger partial charge in [0, 0.05) is 19.5 Å². The van der Waals surface area contributed by atoms with E-state index in [-0.39, 0.29) is 24.7 Å². The number of carbonyl (C=O) groups is 1. The van der Waals surface area contributed by atoms with Crippen LogP contribution in [-0.4, -0.2) is 61.8 Å². The van der Waals surface area contributed by atoms with E-state index in [9.17, 15) is 13.6 Å². The van der Waals surface area contributed by atoms with Gasteiger partial charge in [-0.25, -0.2) is 8.78 Å². The Kier molecular flexibility index (Phi) is 4.38. The summed E-state index contributed by atoms with van der Waals surface area (Å²) in [5.74, 6) is -2.58. The Bertz CT molecular complexity index is 258. The third kappa shape index (κ3) is 4.53. The second-order valence-corrected chi connectivity index (χ2v) is 5.02. The van der Waals surface area contributed by atoms with E-state index in [1.165, 1.54) is 6.92 Å². The Hall–Kier alpha value is -0.550. The Labute approximate surface area is 95.4 Å². The molecule has 1 heterocycles. The molecule has 0 aromatic carbocycles. The van der Waals surface area contributed by atoms with E-state index >= 15 is 0 Å². The van der Waals surface area contributed by atoms with Crippen molar-refractivity contribution in [3.63, 3.8) is 0 Å². The number of likely N-dealkylation sites (tertiary alicyclic amines) is 1. The molecule has 0 aliphatic carbocycles. The summed E-state index contributed by atoms with van der Waals surface area (Å²) in [6.07, 6.45) is -0.0699. The minimum atomic E-state index is -2.59. The lowest BCUT2D eigenvalue weighted by Gasteiger charge is -2.36. The van der Waals surface area contributed by atoms with Crippen LogP contribution in [0.3, 0.4) is 0 Å². The van der Waals surface area contributed by atoms with Gasteiger partial charge in [0.1, 0.15) is 5.78 Å². The summed E-state index contributed by atoms with van der Waals surface area (Å²) in [5, 5.41) is 0. The number of piperidine rings is 1. The molecule has 0 saturated carbocycles. The molecule has 0 N–H and O–H groups in total. The molecule has 5 heteroatoms. The first-order valence-electron chi connectivity index (χ1n) is 5.53. The quantitative estimate of drug-likeness (QED) is 0.727. The Balaban J connectivity index is 2.44. The number of nitrogens with zero attached hydrogens (tertiary/aromatic N) is 2. The van der Waals surface area contributed by atoms with Gasteiger partial charge in [0.2, 0.25) is 0 Å². The van der Waals surface area contributed by atoms with E-state index in [1.807, 2.05) is 4.90 Å². The summed E-state index contributed by atoms with van der Waals surface area (Å²) in [5.41, 5.74) is 0. The largest absolute Gasteiger partial charge is 0.300 e. The van der Waals surface area contributed by atoms with Crippen molar-refractivity contribution in [2.75, 3.05) is 40.3 Å². The minimum Gasteiger partial charge on any atom is -0.300 e. The predicted molar refractivity (Wildman–Crippen MR) is 58.7 cm³/mol. The zero-order chi connectivity index (χ0) is 12.3. The van der Waals surface area contributed by atoms with Crippen LogP contribution < -0.4 is 0 Å². The van der Waals surface area contributed by atoms with Gasteiger partial charge in [0.05, 0.1) is 13.1 Å². The van der Waals surface area contributed by atoms with E-state index in [1.54, 1.807) is 19.0 Å². The standard InChI is InChI=1S/C11H20F2N2O/c1-9(16)5-14(2)6-10-4-11(12,13)8-15(3)7-10/h10H,4-8H2,1-3H3. The molecule has 0 spiro atoms. The van der Waals surface area contributed by atoms with Crippen molar-refractivity contribution in [2.24, 2.45) is 5.92 Å². The van der Waals surface area contributed by atoms with E-state index in [0.29, 0.717) is 19.6 Å². The average Bonchev–Trinajstić information content (AvgIpc) is 1.95. The molecule has 3 nitrogen and oxygen atoms in total. The summed E-state index contributed by atoms with van der Waals surface area (Å²) in [6, 6.07) is 0. The van der Waals surface area contributed by atoms with Crippen LogP contribution in [0, 0.1) is 5.92 Å². The normalized spacial score (nSPS) is 26.0. The minimum absolute atomic E-state index is 0.0573. The molecule has 0 bridgehead atoms. The van der Waals surface area contributed by atoms with Crippen LogP contribution in [0.5, 0.6) is 0 Å². The topological polar surface area (TPSA) is 23.6 Å². The van der Waals surface area contributed by atoms with Gasteiger partial charge in [-0.3, -0.25) is 9.69 Å². The first kappa shape index (κ1) is 13.5. The number of likely N-dealkylation sites (N-methyl/N-ethyl adjacent to an activating group) is 1. The maximum atomic E-state index is 13.3. The van der Waals surface area contributed by atoms with Crippen molar-refractivity contribution in [1.29, 1.82) is 0 Å². The van der Waals surface area contributed by atoms with Crippen molar-refractivity contribution in [3.05, 3.63) is 0 Å². The molecule has 1 aliphatic rings. The zero-order valence-electron chi connectivity index (χ0n) is 10.2. The monoisotopic (exact) mass is 234 g/mol. The summed E-state index contributed by atoms with van der Waals surface area (Å²) in [4.78, 5) is 14.4. The predicted octanol–water partition coefficient (Wildman–Crippen LogP) is 1.09. The Morgan fingerprint density at radius 3 is 2.69 bits per heavy atom. The second-order valence-electron chi connectivity index (χ2n) is 5.02. The zero-order valence-corrected chi connectivity index (χ0v) is 10.2. The second kappa shape index (κ2) is 5.19. The van der Waals surface area contributed by atoms with Crippen LogP contribution >= 0.6 is 0 Å². The number of hydrogen-bond donors (Lipinski definition) is 0. The average molecular weight is 234 g/mol. The lowest BCUT2D eigenvalue weighted by Crippen LogP contribution is -2.48. The molecule has 94 valence electrons. The molecule has 0 aromatic heterocycles. The van der Waals surface area contributed by atoms with Crippen molar-refractivity contribution in [3.8, 4) is 0 Å². The maximum Gasteiger partial charge on any atom is 0.260 e. The highest BCUT2D eigenvalue weighted by molar-refractivity contribution is 5.77. The molecule has 1 atom stereocenters. The number of halogens is 2. The smallest absolute Gasteiger partial charge is 0.260 e. The molecule has 16 heavy (non-hydrogen) atoms. The fourth-order valence-corrected chi connectivity index (χ4v) is 2.46. The number of alkyl halides is 2. The lowest BCUT2D eigenvalue weighted by molar-refractivity contribution is -0.118. The molecule has 1 fully saturated rings. The van der Waals surface area contributed by atoms with Crippen LogP contribution in [0.1, 0.15) is 13.3 Å². The van der Waals surface area contributed by atoms with Gasteiger partial charge in [-0.05, 0) is 26.9 Å². The molecule has 1 unspecified atom stereocenters. The molecule has 0 amide bonds. The highest BCUT2D eigenvalue weighted by atomic mass is 19.3. The Morgan fingerprint density at radius 2 is 2.19 bits per heavy atom. The maximum absolute atomic E-state index is 13.3. The van der Waals surface area contributed by atoms with Crippen LogP contribution in [-0.2, 0) is 4.79 Å². The van der Waals surface area contributed by atoms with Crippen LogP contribution in [0.4, 0.5) is 8.78 Å². The summed E-state index contributed by atoms with van der Waals surface area (Å²) in [7, 11) is 3.51. The molecule has 0 aromatic rings. The van der Waals surface area contributed by atoms with Gasteiger partial charge in [-0.15, -0.1) is 0 Å². The third-order valence-corrected chi connectivity index (χ3v) is 2.72. The lowest BCUT2D eigenvalue weighted by atomic mass is 9.95. The van der Waals surface area contributed by atoms with Crippen molar-refractivity contribution < 1.29 is 13.6 Å². The number of Topliss-reactive ketones (excluding diaryl/α,β-unsaturated/α-hetero) is 1.